The number of allylic oxidation sites excluding steroid dienone is 2. The number of unbranched alkanes of at least 4 members (excludes halogenated alkanes) is 4. The Morgan fingerprint density at radius 1 is 0.488 bits per heavy atom. The molecule has 4 fully saturated rings. The second-order valence-electron chi connectivity index (χ2n) is 15.3. The molecule has 1 nitrogen and oxygen atoms in total. The second kappa shape index (κ2) is 19.7. The van der Waals surface area contributed by atoms with Crippen LogP contribution in [0.2, 0.25) is 0 Å². The first kappa shape index (κ1) is 33.3. The molecule has 4 rings (SSSR count). The topological polar surface area (TPSA) is 9.23 Å². The van der Waals surface area contributed by atoms with E-state index in [-0.39, 0.29) is 0 Å². The van der Waals surface area contributed by atoms with Gasteiger partial charge in [-0.3, -0.25) is 0 Å². The highest BCUT2D eigenvalue weighted by Gasteiger charge is 2.32. The Morgan fingerprint density at radius 2 is 0.927 bits per heavy atom. The third-order valence-corrected chi connectivity index (χ3v) is 12.3. The van der Waals surface area contributed by atoms with E-state index in [4.69, 9.17) is 4.74 Å². The van der Waals surface area contributed by atoms with Gasteiger partial charge >= 0.3 is 0 Å². The van der Waals surface area contributed by atoms with E-state index in [0.29, 0.717) is 0 Å². The molecule has 0 unspecified atom stereocenters. The first-order chi connectivity index (χ1) is 20.2. The minimum Gasteiger partial charge on any atom is -0.373 e. The van der Waals surface area contributed by atoms with Crippen molar-refractivity contribution in [2.24, 2.45) is 47.3 Å². The van der Waals surface area contributed by atoms with E-state index in [1.54, 1.807) is 12.8 Å². The molecule has 41 heavy (non-hydrogen) atoms. The maximum atomic E-state index is 5.98. The summed E-state index contributed by atoms with van der Waals surface area (Å²) in [5.74, 6) is 7.86. The third kappa shape index (κ3) is 12.2. The zero-order valence-electron chi connectivity index (χ0n) is 27.7. The molecule has 1 heteroatoms. The number of ether oxygens (including phenoxy) is 1. The molecule has 4 saturated carbocycles. The summed E-state index contributed by atoms with van der Waals surface area (Å²) < 4.78 is 5.98. The van der Waals surface area contributed by atoms with E-state index in [1.165, 1.54) is 141 Å². The predicted octanol–water partition coefficient (Wildman–Crippen LogP) is 12.5. The fourth-order valence-corrected chi connectivity index (χ4v) is 9.73. The Hall–Kier alpha value is -0.560. The summed E-state index contributed by atoms with van der Waals surface area (Å²) in [6.45, 7) is 6.26. The molecule has 0 radical (unpaired) electrons. The summed E-state index contributed by atoms with van der Waals surface area (Å²) in [7, 11) is 0. The molecule has 4 atom stereocenters. The van der Waals surface area contributed by atoms with Crippen LogP contribution in [-0.4, -0.2) is 13.2 Å². The Bertz CT molecular complexity index is 646. The lowest BCUT2D eigenvalue weighted by Crippen LogP contribution is -2.26. The van der Waals surface area contributed by atoms with Gasteiger partial charge in [0.2, 0.25) is 0 Å². The molecule has 0 aromatic heterocycles. The smallest absolute Gasteiger partial charge is 0.0651 e. The quantitative estimate of drug-likeness (QED) is 0.133. The van der Waals surface area contributed by atoms with E-state index in [2.05, 4.69) is 38.2 Å². The van der Waals surface area contributed by atoms with E-state index >= 15 is 0 Å². The van der Waals surface area contributed by atoms with Gasteiger partial charge in [-0.05, 0) is 112 Å². The molecule has 0 bridgehead atoms. The zero-order chi connectivity index (χ0) is 28.5. The maximum absolute atomic E-state index is 5.98. The summed E-state index contributed by atoms with van der Waals surface area (Å²) in [5.41, 5.74) is 0. The molecule has 0 spiro atoms. The summed E-state index contributed by atoms with van der Waals surface area (Å²) in [4.78, 5) is 0. The van der Waals surface area contributed by atoms with Gasteiger partial charge in [0.1, 0.15) is 0 Å². The van der Waals surface area contributed by atoms with Gasteiger partial charge in [0, 0.05) is 0 Å². The molecular formula is C40H70O. The van der Waals surface area contributed by atoms with Crippen LogP contribution in [0.1, 0.15) is 168 Å². The molecule has 4 aliphatic carbocycles. The van der Waals surface area contributed by atoms with Crippen molar-refractivity contribution in [2.75, 3.05) is 13.2 Å². The summed E-state index contributed by atoms with van der Waals surface area (Å²) in [5, 5.41) is 0. The lowest BCUT2D eigenvalue weighted by atomic mass is 9.68. The average molecular weight is 567 g/mol. The molecule has 0 aromatic carbocycles. The molecule has 4 aliphatic rings. The van der Waals surface area contributed by atoms with E-state index in [0.717, 1.165) is 60.6 Å². The highest BCUT2D eigenvalue weighted by Crippen LogP contribution is 2.44. The van der Waals surface area contributed by atoms with Gasteiger partial charge in [-0.2, -0.15) is 0 Å². The van der Waals surface area contributed by atoms with Crippen molar-refractivity contribution < 1.29 is 4.74 Å². The van der Waals surface area contributed by atoms with Crippen LogP contribution in [0, 0.1) is 47.3 Å². The van der Waals surface area contributed by atoms with Crippen molar-refractivity contribution in [1.29, 1.82) is 0 Å². The van der Waals surface area contributed by atoms with E-state index < -0.39 is 0 Å². The SMILES string of the molecule is CCCCC[C@H]1CCC[C@H](C2CCC(/C=C/COC/C=C/C3CCC([C@H]4CCC[C@H](CCCCC)C4)CC3)CC2)C1. The molecule has 236 valence electrons. The van der Waals surface area contributed by atoms with Crippen LogP contribution in [0.4, 0.5) is 0 Å². The zero-order valence-corrected chi connectivity index (χ0v) is 27.7. The van der Waals surface area contributed by atoms with Crippen molar-refractivity contribution in [2.45, 2.75) is 168 Å². The fraction of sp³-hybridized carbons (Fsp3) is 0.900. The molecule has 0 N–H and O–H groups in total. The molecule has 0 heterocycles. The Kier molecular flexibility index (Phi) is 16.0. The summed E-state index contributed by atoms with van der Waals surface area (Å²) >= 11 is 0. The first-order valence-electron chi connectivity index (χ1n) is 19.2. The number of hydrogen-bond acceptors (Lipinski definition) is 1. The Labute approximate surface area is 257 Å². The maximum Gasteiger partial charge on any atom is 0.0651 e. The van der Waals surface area contributed by atoms with Gasteiger partial charge in [0.15, 0.2) is 0 Å². The first-order valence-corrected chi connectivity index (χ1v) is 19.2. The van der Waals surface area contributed by atoms with Gasteiger partial charge in [-0.1, -0.05) is 128 Å². The van der Waals surface area contributed by atoms with Crippen LogP contribution in [-0.2, 0) is 4.74 Å². The van der Waals surface area contributed by atoms with E-state index in [9.17, 15) is 0 Å². The third-order valence-electron chi connectivity index (χ3n) is 12.3. The van der Waals surface area contributed by atoms with Crippen molar-refractivity contribution >= 4 is 0 Å². The van der Waals surface area contributed by atoms with E-state index in [1.807, 2.05) is 0 Å². The van der Waals surface area contributed by atoms with Crippen LogP contribution in [0.15, 0.2) is 24.3 Å². The van der Waals surface area contributed by atoms with Gasteiger partial charge in [0.05, 0.1) is 13.2 Å². The lowest BCUT2D eigenvalue weighted by molar-refractivity contribution is 0.142. The Balaban J connectivity index is 1.02. The second-order valence-corrected chi connectivity index (χ2v) is 15.3. The monoisotopic (exact) mass is 567 g/mol. The highest BCUT2D eigenvalue weighted by atomic mass is 16.5. The van der Waals surface area contributed by atoms with Crippen LogP contribution >= 0.6 is 0 Å². The summed E-state index contributed by atoms with van der Waals surface area (Å²) in [6.07, 6.45) is 45.1. The molecule has 0 saturated heterocycles. The molecular weight excluding hydrogens is 496 g/mol. The van der Waals surface area contributed by atoms with Gasteiger partial charge in [-0.25, -0.2) is 0 Å². The number of rotatable bonds is 16. The van der Waals surface area contributed by atoms with Crippen molar-refractivity contribution in [3.63, 3.8) is 0 Å². The number of hydrogen-bond donors (Lipinski definition) is 0. The normalized spacial score (nSPS) is 35.4. The van der Waals surface area contributed by atoms with Crippen molar-refractivity contribution in [3.05, 3.63) is 24.3 Å². The van der Waals surface area contributed by atoms with Crippen LogP contribution in [0.5, 0.6) is 0 Å². The Morgan fingerprint density at radius 3 is 1.34 bits per heavy atom. The van der Waals surface area contributed by atoms with Crippen molar-refractivity contribution in [1.82, 2.24) is 0 Å². The van der Waals surface area contributed by atoms with Crippen LogP contribution < -0.4 is 0 Å². The van der Waals surface area contributed by atoms with Gasteiger partial charge < -0.3 is 4.74 Å². The predicted molar refractivity (Wildman–Crippen MR) is 179 cm³/mol. The average Bonchev–Trinajstić information content (AvgIpc) is 3.02. The van der Waals surface area contributed by atoms with Gasteiger partial charge in [0.25, 0.3) is 0 Å². The van der Waals surface area contributed by atoms with Crippen molar-refractivity contribution in [3.8, 4) is 0 Å². The summed E-state index contributed by atoms with van der Waals surface area (Å²) in [6, 6.07) is 0. The highest BCUT2D eigenvalue weighted by molar-refractivity contribution is 4.95. The molecule has 0 aliphatic heterocycles. The lowest BCUT2D eigenvalue weighted by Gasteiger charge is -2.38. The standard InChI is InChI=1S/C40H70O/c1-3-5-7-13-35-15-9-19-39(31-35)37-25-21-33(22-26-37)17-11-29-41-30-12-18-34-23-27-38(28-24-34)40-20-10-16-36(32-40)14-8-6-4-2/h11-12,17-18,33-40H,3-10,13-16,19-32H2,1-2H3/b17-11+,18-12+/t33?,34?,35-,36-,37?,38?,39-,40-/m0/s1. The largest absolute Gasteiger partial charge is 0.373 e. The minimum atomic E-state index is 0.792. The van der Waals surface area contributed by atoms with Crippen LogP contribution in [0.25, 0.3) is 0 Å². The van der Waals surface area contributed by atoms with Gasteiger partial charge in [-0.15, -0.1) is 0 Å². The molecule has 0 aromatic rings. The fourth-order valence-electron chi connectivity index (χ4n) is 9.73. The van der Waals surface area contributed by atoms with Crippen LogP contribution in [0.3, 0.4) is 0 Å². The molecule has 0 amide bonds. The minimum absolute atomic E-state index is 0.792.